The van der Waals surface area contributed by atoms with Gasteiger partial charge in [-0.05, 0) is 43.2 Å². The van der Waals surface area contributed by atoms with Gasteiger partial charge in [-0.15, -0.1) is 11.3 Å². The lowest BCUT2D eigenvalue weighted by Gasteiger charge is -2.33. The molecule has 1 nitrogen and oxygen atoms in total. The molecule has 2 aliphatic rings. The Hall–Kier alpha value is -0.0500. The summed E-state index contributed by atoms with van der Waals surface area (Å²) in [5.41, 5.74) is 6.63. The molecule has 2 N–H and O–H groups in total. The van der Waals surface area contributed by atoms with Crippen molar-refractivity contribution >= 4 is 22.9 Å². The van der Waals surface area contributed by atoms with Crippen molar-refractivity contribution < 1.29 is 0 Å². The van der Waals surface area contributed by atoms with Crippen molar-refractivity contribution in [3.63, 3.8) is 0 Å². The van der Waals surface area contributed by atoms with E-state index in [-0.39, 0.29) is 5.54 Å². The van der Waals surface area contributed by atoms with Gasteiger partial charge in [0.2, 0.25) is 0 Å². The highest BCUT2D eigenvalue weighted by Crippen LogP contribution is 2.51. The van der Waals surface area contributed by atoms with Gasteiger partial charge in [0.05, 0.1) is 4.34 Å². The maximum absolute atomic E-state index is 6.55. The number of hydrogen-bond donors (Lipinski definition) is 1. The Morgan fingerprint density at radius 1 is 1.47 bits per heavy atom. The summed E-state index contributed by atoms with van der Waals surface area (Å²) in [7, 11) is 0. The summed E-state index contributed by atoms with van der Waals surface area (Å²) in [6, 6.07) is 4.12. The van der Waals surface area contributed by atoms with Gasteiger partial charge >= 0.3 is 0 Å². The van der Waals surface area contributed by atoms with Crippen molar-refractivity contribution in [2.45, 2.75) is 37.6 Å². The van der Waals surface area contributed by atoms with Crippen LogP contribution in [0.1, 0.15) is 30.6 Å². The maximum atomic E-state index is 6.55. The summed E-state index contributed by atoms with van der Waals surface area (Å²) in [5.74, 6) is 1.68. The van der Waals surface area contributed by atoms with Crippen LogP contribution in [-0.2, 0) is 6.42 Å². The Labute approximate surface area is 99.6 Å². The second-order valence-electron chi connectivity index (χ2n) is 5.20. The molecule has 0 radical (unpaired) electrons. The fourth-order valence-corrected chi connectivity index (χ4v) is 4.70. The first-order chi connectivity index (χ1) is 7.16. The standard InChI is InChI=1S/C12H16ClNS/c13-11-4-3-10(15-11)7-12(14)6-8-1-2-9(12)5-8/h3-4,8-9H,1-2,5-7,14H2. The molecule has 3 heteroatoms. The minimum atomic E-state index is 0.0805. The molecular formula is C12H16ClNS. The Kier molecular flexibility index (Phi) is 2.35. The molecule has 2 bridgehead atoms. The van der Waals surface area contributed by atoms with Crippen molar-refractivity contribution in [3.05, 3.63) is 21.3 Å². The fourth-order valence-electron chi connectivity index (χ4n) is 3.47. The SMILES string of the molecule is NC1(Cc2ccc(Cl)s2)CC2CCC1C2. The molecular weight excluding hydrogens is 226 g/mol. The molecule has 2 saturated carbocycles. The third kappa shape index (κ3) is 1.73. The van der Waals surface area contributed by atoms with Crippen molar-refractivity contribution in [2.24, 2.45) is 17.6 Å². The zero-order chi connectivity index (χ0) is 10.5. The highest BCUT2D eigenvalue weighted by Gasteiger charge is 2.48. The largest absolute Gasteiger partial charge is 0.325 e. The molecule has 1 heterocycles. The first-order valence-electron chi connectivity index (χ1n) is 5.69. The molecule has 1 aromatic rings. The highest BCUT2D eigenvalue weighted by molar-refractivity contribution is 7.16. The van der Waals surface area contributed by atoms with E-state index in [1.807, 2.05) is 6.07 Å². The zero-order valence-electron chi connectivity index (χ0n) is 8.71. The monoisotopic (exact) mass is 241 g/mol. The van der Waals surface area contributed by atoms with Crippen LogP contribution in [0.5, 0.6) is 0 Å². The average molecular weight is 242 g/mol. The summed E-state index contributed by atoms with van der Waals surface area (Å²) in [4.78, 5) is 1.36. The van der Waals surface area contributed by atoms with E-state index >= 15 is 0 Å². The van der Waals surface area contributed by atoms with Crippen LogP contribution < -0.4 is 5.73 Å². The third-order valence-electron chi connectivity index (χ3n) is 4.16. The van der Waals surface area contributed by atoms with Gasteiger partial charge < -0.3 is 5.73 Å². The number of fused-ring (bicyclic) bond motifs is 2. The van der Waals surface area contributed by atoms with Gasteiger partial charge in [0.25, 0.3) is 0 Å². The van der Waals surface area contributed by atoms with Crippen LogP contribution >= 0.6 is 22.9 Å². The zero-order valence-corrected chi connectivity index (χ0v) is 10.3. The molecule has 3 rings (SSSR count). The van der Waals surface area contributed by atoms with Gasteiger partial charge in [-0.25, -0.2) is 0 Å². The van der Waals surface area contributed by atoms with Crippen LogP contribution in [0.25, 0.3) is 0 Å². The van der Waals surface area contributed by atoms with Crippen LogP contribution in [0.3, 0.4) is 0 Å². The Morgan fingerprint density at radius 3 is 2.87 bits per heavy atom. The van der Waals surface area contributed by atoms with E-state index in [0.717, 1.165) is 22.6 Å². The van der Waals surface area contributed by atoms with E-state index in [1.165, 1.54) is 30.6 Å². The van der Waals surface area contributed by atoms with Gasteiger partial charge in [-0.3, -0.25) is 0 Å². The van der Waals surface area contributed by atoms with Gasteiger partial charge in [-0.2, -0.15) is 0 Å². The highest BCUT2D eigenvalue weighted by atomic mass is 35.5. The fraction of sp³-hybridized carbons (Fsp3) is 0.667. The Bertz CT molecular complexity index is 375. The normalized spacial score (nSPS) is 38.8. The van der Waals surface area contributed by atoms with E-state index in [4.69, 9.17) is 17.3 Å². The van der Waals surface area contributed by atoms with Crippen LogP contribution in [0.2, 0.25) is 4.34 Å². The van der Waals surface area contributed by atoms with Gasteiger partial charge in [0.1, 0.15) is 0 Å². The van der Waals surface area contributed by atoms with Crippen LogP contribution in [0.15, 0.2) is 12.1 Å². The molecule has 82 valence electrons. The van der Waals surface area contributed by atoms with Crippen molar-refractivity contribution in [3.8, 4) is 0 Å². The molecule has 2 fully saturated rings. The lowest BCUT2D eigenvalue weighted by molar-refractivity contribution is 0.271. The number of halogens is 1. The summed E-state index contributed by atoms with van der Waals surface area (Å²) in [5, 5.41) is 0. The van der Waals surface area contributed by atoms with E-state index < -0.39 is 0 Å². The Morgan fingerprint density at radius 2 is 2.33 bits per heavy atom. The predicted molar refractivity (Wildman–Crippen MR) is 65.4 cm³/mol. The summed E-state index contributed by atoms with van der Waals surface area (Å²) >= 11 is 7.63. The first-order valence-corrected chi connectivity index (χ1v) is 6.88. The minimum absolute atomic E-state index is 0.0805. The quantitative estimate of drug-likeness (QED) is 0.843. The molecule has 3 unspecified atom stereocenters. The second kappa shape index (κ2) is 3.47. The number of rotatable bonds is 2. The van der Waals surface area contributed by atoms with Gasteiger partial charge in [0.15, 0.2) is 0 Å². The molecule has 0 amide bonds. The molecule has 0 saturated heterocycles. The molecule has 0 aliphatic heterocycles. The average Bonchev–Trinajstić information content (AvgIpc) is 2.81. The molecule has 2 aliphatic carbocycles. The maximum Gasteiger partial charge on any atom is 0.0931 e. The van der Waals surface area contributed by atoms with Crippen molar-refractivity contribution in [1.82, 2.24) is 0 Å². The van der Waals surface area contributed by atoms with Crippen LogP contribution in [0, 0.1) is 11.8 Å². The van der Waals surface area contributed by atoms with E-state index in [1.54, 1.807) is 11.3 Å². The lowest BCUT2D eigenvalue weighted by atomic mass is 9.79. The summed E-state index contributed by atoms with van der Waals surface area (Å²) in [6.07, 6.45) is 6.39. The number of hydrogen-bond acceptors (Lipinski definition) is 2. The van der Waals surface area contributed by atoms with Crippen molar-refractivity contribution in [1.29, 1.82) is 0 Å². The molecule has 0 aromatic carbocycles. The van der Waals surface area contributed by atoms with Crippen LogP contribution in [-0.4, -0.2) is 5.54 Å². The second-order valence-corrected chi connectivity index (χ2v) is 7.00. The summed E-state index contributed by atoms with van der Waals surface area (Å²) in [6.45, 7) is 0. The number of nitrogens with two attached hydrogens (primary N) is 1. The molecule has 3 atom stereocenters. The van der Waals surface area contributed by atoms with E-state index in [2.05, 4.69) is 6.07 Å². The molecule has 0 spiro atoms. The third-order valence-corrected chi connectivity index (χ3v) is 5.39. The lowest BCUT2D eigenvalue weighted by Crippen LogP contribution is -2.46. The van der Waals surface area contributed by atoms with Crippen molar-refractivity contribution in [2.75, 3.05) is 0 Å². The minimum Gasteiger partial charge on any atom is -0.325 e. The Balaban J connectivity index is 1.77. The van der Waals surface area contributed by atoms with E-state index in [0.29, 0.717) is 0 Å². The number of thiophene rings is 1. The topological polar surface area (TPSA) is 26.0 Å². The molecule has 15 heavy (non-hydrogen) atoms. The van der Waals surface area contributed by atoms with Gasteiger partial charge in [-0.1, -0.05) is 18.0 Å². The summed E-state index contributed by atoms with van der Waals surface area (Å²) < 4.78 is 0.886. The van der Waals surface area contributed by atoms with E-state index in [9.17, 15) is 0 Å². The van der Waals surface area contributed by atoms with Gasteiger partial charge in [0, 0.05) is 16.8 Å². The smallest absolute Gasteiger partial charge is 0.0931 e. The molecule has 1 aromatic heterocycles. The predicted octanol–water partition coefficient (Wildman–Crippen LogP) is 3.46. The first kappa shape index (κ1) is 10.1. The van der Waals surface area contributed by atoms with Crippen LogP contribution in [0.4, 0.5) is 0 Å².